The molecule has 0 bridgehead atoms. The fraction of sp³-hybridized carbons (Fsp3) is 1.00. The van der Waals surface area contributed by atoms with Crippen LogP contribution in [0.15, 0.2) is 0 Å². The summed E-state index contributed by atoms with van der Waals surface area (Å²) in [6, 6.07) is 0. The van der Waals surface area contributed by atoms with E-state index in [1.807, 2.05) is 0 Å². The Labute approximate surface area is 80.4 Å². The van der Waals surface area contributed by atoms with Gasteiger partial charge in [-0.1, -0.05) is 40.0 Å². The Balaban J connectivity index is 3.24. The highest BCUT2D eigenvalue weighted by Crippen LogP contribution is 2.16. The Morgan fingerprint density at radius 2 is 1.67 bits per heavy atom. The molecule has 0 amide bonds. The molecule has 0 aromatic heterocycles. The number of rotatable bonds is 7. The van der Waals surface area contributed by atoms with Crippen LogP contribution in [0.1, 0.15) is 46.5 Å². The molecule has 2 heteroatoms. The molecule has 0 aliphatic carbocycles. The maximum atomic E-state index is 5.18. The molecule has 0 saturated heterocycles. The largest absolute Gasteiger partial charge is 0.428 e. The first-order chi connectivity index (χ1) is 5.70. The summed E-state index contributed by atoms with van der Waals surface area (Å²) in [5, 5.41) is 0. The fourth-order valence-corrected chi connectivity index (χ4v) is 1.47. The molecule has 12 heavy (non-hydrogen) atoms. The Morgan fingerprint density at radius 1 is 1.08 bits per heavy atom. The zero-order chi connectivity index (χ0) is 9.40. The minimum atomic E-state index is 0.855. The van der Waals surface area contributed by atoms with Crippen LogP contribution in [0.5, 0.6) is 0 Å². The molecule has 0 aromatic carbocycles. The second kappa shape index (κ2) is 7.81. The monoisotopic (exact) mass is 188 g/mol. The molecule has 2 atom stereocenters. The van der Waals surface area contributed by atoms with Crippen molar-refractivity contribution in [3.8, 4) is 0 Å². The maximum absolute atomic E-state index is 5.18. The summed E-state index contributed by atoms with van der Waals surface area (Å²) in [5.74, 6) is 1.76. The summed E-state index contributed by atoms with van der Waals surface area (Å²) in [7, 11) is 0.896. The Hall–Kier alpha value is 0.177. The predicted molar refractivity (Wildman–Crippen MR) is 58.4 cm³/mol. The average molecular weight is 188 g/mol. The van der Waals surface area contributed by atoms with Crippen LogP contribution in [0.2, 0.25) is 0 Å². The topological polar surface area (TPSA) is 9.23 Å². The molecule has 0 aliphatic rings. The van der Waals surface area contributed by atoms with E-state index >= 15 is 0 Å². The second-order valence-electron chi connectivity index (χ2n) is 3.98. The smallest absolute Gasteiger partial charge is 0.145 e. The highest BCUT2D eigenvalue weighted by Gasteiger charge is 2.04. The van der Waals surface area contributed by atoms with Crippen molar-refractivity contribution >= 4 is 10.5 Å². The zero-order valence-electron chi connectivity index (χ0n) is 9.10. The van der Waals surface area contributed by atoms with Gasteiger partial charge in [0.05, 0.1) is 0 Å². The summed E-state index contributed by atoms with van der Waals surface area (Å²) in [6.07, 6.45) is 5.34. The van der Waals surface area contributed by atoms with Crippen molar-refractivity contribution in [1.29, 1.82) is 0 Å². The molecule has 0 N–H and O–H groups in total. The summed E-state index contributed by atoms with van der Waals surface area (Å²) in [5.41, 5.74) is 0. The van der Waals surface area contributed by atoms with E-state index in [2.05, 4.69) is 20.8 Å². The molecular weight excluding hydrogens is 164 g/mol. The van der Waals surface area contributed by atoms with Crippen molar-refractivity contribution in [2.75, 3.05) is 6.61 Å². The third-order valence-electron chi connectivity index (χ3n) is 2.66. The Morgan fingerprint density at radius 3 is 2.17 bits per heavy atom. The highest BCUT2D eigenvalue weighted by atomic mass is 28.2. The van der Waals surface area contributed by atoms with Gasteiger partial charge in [0.15, 0.2) is 0 Å². The third-order valence-corrected chi connectivity index (χ3v) is 3.07. The zero-order valence-corrected chi connectivity index (χ0v) is 11.1. The predicted octanol–water partition coefficient (Wildman–Crippen LogP) is 2.14. The first kappa shape index (κ1) is 12.2. The first-order valence-electron chi connectivity index (χ1n) is 5.19. The van der Waals surface area contributed by atoms with Gasteiger partial charge in [-0.3, -0.25) is 0 Å². The quantitative estimate of drug-likeness (QED) is 0.556. The molecule has 0 rings (SSSR count). The third kappa shape index (κ3) is 6.86. The lowest BCUT2D eigenvalue weighted by molar-refractivity contribution is 0.292. The molecule has 0 spiro atoms. The first-order valence-corrected chi connectivity index (χ1v) is 6.01. The average Bonchev–Trinajstić information content (AvgIpc) is 2.10. The van der Waals surface area contributed by atoms with Gasteiger partial charge in [0.2, 0.25) is 0 Å². The SMILES string of the molecule is CCC(C)CCC(C)CCO[SiH3]. The highest BCUT2D eigenvalue weighted by molar-refractivity contribution is 5.97. The molecule has 0 radical (unpaired) electrons. The lowest BCUT2D eigenvalue weighted by atomic mass is 9.95. The minimum absolute atomic E-state index is 0.855. The van der Waals surface area contributed by atoms with Crippen LogP contribution in [0, 0.1) is 11.8 Å². The number of hydrogen-bond acceptors (Lipinski definition) is 1. The van der Waals surface area contributed by atoms with Crippen molar-refractivity contribution in [2.24, 2.45) is 11.8 Å². The number of hydrogen-bond donors (Lipinski definition) is 0. The van der Waals surface area contributed by atoms with Crippen LogP contribution in [0.3, 0.4) is 0 Å². The fourth-order valence-electron chi connectivity index (χ4n) is 1.24. The molecule has 0 heterocycles. The molecular formula is C10H24OSi. The molecule has 0 aromatic rings. The minimum Gasteiger partial charge on any atom is -0.428 e. The lowest BCUT2D eigenvalue weighted by Crippen LogP contribution is -2.03. The van der Waals surface area contributed by atoms with E-state index in [0.717, 1.165) is 28.9 Å². The van der Waals surface area contributed by atoms with Gasteiger partial charge in [0.25, 0.3) is 0 Å². The van der Waals surface area contributed by atoms with Crippen molar-refractivity contribution in [2.45, 2.75) is 46.5 Å². The van der Waals surface area contributed by atoms with E-state index in [9.17, 15) is 0 Å². The van der Waals surface area contributed by atoms with Gasteiger partial charge < -0.3 is 4.43 Å². The van der Waals surface area contributed by atoms with E-state index in [1.165, 1.54) is 25.7 Å². The van der Waals surface area contributed by atoms with Gasteiger partial charge in [0.1, 0.15) is 10.5 Å². The summed E-state index contributed by atoms with van der Waals surface area (Å²) in [6.45, 7) is 7.93. The van der Waals surface area contributed by atoms with Crippen LogP contribution in [-0.4, -0.2) is 17.1 Å². The van der Waals surface area contributed by atoms with Gasteiger partial charge >= 0.3 is 0 Å². The van der Waals surface area contributed by atoms with Gasteiger partial charge in [-0.25, -0.2) is 0 Å². The van der Waals surface area contributed by atoms with E-state index in [0.29, 0.717) is 0 Å². The normalized spacial score (nSPS) is 16.2. The van der Waals surface area contributed by atoms with Gasteiger partial charge in [0, 0.05) is 6.61 Å². The molecule has 0 fully saturated rings. The molecule has 2 unspecified atom stereocenters. The molecule has 0 aliphatic heterocycles. The van der Waals surface area contributed by atoms with Crippen molar-refractivity contribution < 1.29 is 4.43 Å². The van der Waals surface area contributed by atoms with Gasteiger partial charge in [-0.2, -0.15) is 0 Å². The van der Waals surface area contributed by atoms with Crippen LogP contribution < -0.4 is 0 Å². The van der Waals surface area contributed by atoms with Crippen LogP contribution in [0.4, 0.5) is 0 Å². The van der Waals surface area contributed by atoms with E-state index < -0.39 is 0 Å². The Bertz CT molecular complexity index is 95.8. The van der Waals surface area contributed by atoms with E-state index in [4.69, 9.17) is 4.43 Å². The summed E-state index contributed by atoms with van der Waals surface area (Å²) in [4.78, 5) is 0. The van der Waals surface area contributed by atoms with Crippen LogP contribution in [-0.2, 0) is 4.43 Å². The van der Waals surface area contributed by atoms with Crippen LogP contribution in [0.25, 0.3) is 0 Å². The molecule has 1 nitrogen and oxygen atoms in total. The van der Waals surface area contributed by atoms with E-state index in [1.54, 1.807) is 0 Å². The van der Waals surface area contributed by atoms with Gasteiger partial charge in [-0.15, -0.1) is 0 Å². The van der Waals surface area contributed by atoms with E-state index in [-0.39, 0.29) is 0 Å². The molecule has 0 saturated carbocycles. The summed E-state index contributed by atoms with van der Waals surface area (Å²) >= 11 is 0. The van der Waals surface area contributed by atoms with Gasteiger partial charge in [-0.05, 0) is 18.3 Å². The van der Waals surface area contributed by atoms with Crippen molar-refractivity contribution in [1.82, 2.24) is 0 Å². The van der Waals surface area contributed by atoms with Crippen molar-refractivity contribution in [3.05, 3.63) is 0 Å². The van der Waals surface area contributed by atoms with Crippen molar-refractivity contribution in [3.63, 3.8) is 0 Å². The lowest BCUT2D eigenvalue weighted by Gasteiger charge is -2.13. The summed E-state index contributed by atoms with van der Waals surface area (Å²) < 4.78 is 5.18. The maximum Gasteiger partial charge on any atom is 0.145 e. The van der Waals surface area contributed by atoms with Crippen LogP contribution >= 0.6 is 0 Å². The molecule has 74 valence electrons. The Kier molecular flexibility index (Phi) is 7.92. The standard InChI is InChI=1S/C10H24OSi/c1-4-9(2)5-6-10(3)7-8-11-12/h9-10H,4-8H2,1-3,12H3. The second-order valence-corrected chi connectivity index (χ2v) is 4.55.